The Morgan fingerprint density at radius 2 is 1.73 bits per heavy atom. The number of carbonyl (C=O) groups excluding carboxylic acids is 4. The lowest BCUT2D eigenvalue weighted by Crippen LogP contribution is -2.49. The third-order valence-corrected chi connectivity index (χ3v) is 9.47. The van der Waals surface area contributed by atoms with Crippen LogP contribution in [0.5, 0.6) is 11.5 Å². The summed E-state index contributed by atoms with van der Waals surface area (Å²) in [5.41, 5.74) is -0.950. The number of hydrogen-bond donors (Lipinski definition) is 2. The lowest BCUT2D eigenvalue weighted by atomic mass is 9.51. The van der Waals surface area contributed by atoms with Crippen LogP contribution in [0.2, 0.25) is 0 Å². The molecule has 6 atom stereocenters. The smallest absolute Gasteiger partial charge is 0.508 e. The van der Waals surface area contributed by atoms with Gasteiger partial charge in [0.2, 0.25) is 23.6 Å². The molecule has 2 aliphatic heterocycles. The number of benzene rings is 2. The minimum atomic E-state index is -5.05. The first-order valence-electron chi connectivity index (χ1n) is 14.0. The summed E-state index contributed by atoms with van der Waals surface area (Å²) in [6.07, 6.45) is -3.80. The van der Waals surface area contributed by atoms with Crippen LogP contribution in [0.3, 0.4) is 0 Å². The number of anilines is 1. The summed E-state index contributed by atoms with van der Waals surface area (Å²) in [6, 6.07) is 11.0. The van der Waals surface area contributed by atoms with E-state index in [4.69, 9.17) is 5.11 Å². The number of hydrogen-bond acceptors (Lipinski definition) is 7. The van der Waals surface area contributed by atoms with E-state index in [-0.39, 0.29) is 30.6 Å². The fourth-order valence-electron chi connectivity index (χ4n) is 7.64. The molecule has 1 saturated carbocycles. The molecule has 0 bridgehead atoms. The van der Waals surface area contributed by atoms with Crippen LogP contribution in [0.15, 0.2) is 60.2 Å². The predicted molar refractivity (Wildman–Crippen MR) is 145 cm³/mol. The fourth-order valence-corrected chi connectivity index (χ4v) is 7.64. The van der Waals surface area contributed by atoms with Crippen molar-refractivity contribution in [3.8, 4) is 11.5 Å². The molecule has 0 radical (unpaired) electrons. The molecular weight excluding hydrogens is 585 g/mol. The Morgan fingerprint density at radius 1 is 1.02 bits per heavy atom. The molecule has 2 N–H and O–H groups in total. The SMILES string of the molecule is C[C@@]12C(=O)N(c3ccccc3)C(=O)[C@@H]1C[C@@H]1C(=CC[C@@H]3C(=O)N(CCC(=O)O)C(=O)[C@@H]31)[C@@H]2c1cc(OC(F)(F)F)ccc1O. The van der Waals surface area contributed by atoms with Crippen LogP contribution < -0.4 is 9.64 Å². The second kappa shape index (κ2) is 10.2. The monoisotopic (exact) mass is 612 g/mol. The minimum Gasteiger partial charge on any atom is -0.508 e. The molecule has 2 aromatic carbocycles. The van der Waals surface area contributed by atoms with Gasteiger partial charge in [0.25, 0.3) is 0 Å². The number of halogens is 3. The summed E-state index contributed by atoms with van der Waals surface area (Å²) in [5.74, 6) is -9.45. The Balaban J connectivity index is 1.50. The Labute approximate surface area is 248 Å². The van der Waals surface area contributed by atoms with E-state index in [1.807, 2.05) is 0 Å². The highest BCUT2D eigenvalue weighted by molar-refractivity contribution is 6.24. The number of phenols is 1. The van der Waals surface area contributed by atoms with E-state index in [1.165, 1.54) is 6.92 Å². The average Bonchev–Trinajstić information content (AvgIpc) is 3.32. The molecule has 2 aliphatic carbocycles. The largest absolute Gasteiger partial charge is 0.573 e. The molecular formula is C31H27F3N2O8. The highest BCUT2D eigenvalue weighted by Gasteiger charge is 2.68. The number of allylic oxidation sites excluding steroid dienone is 2. The van der Waals surface area contributed by atoms with Gasteiger partial charge >= 0.3 is 12.3 Å². The first-order valence-corrected chi connectivity index (χ1v) is 14.0. The van der Waals surface area contributed by atoms with Gasteiger partial charge in [-0.3, -0.25) is 28.9 Å². The molecule has 2 heterocycles. The van der Waals surface area contributed by atoms with Gasteiger partial charge in [0.05, 0.1) is 35.3 Å². The second-order valence-corrected chi connectivity index (χ2v) is 11.7. The number of amides is 4. The molecule has 230 valence electrons. The van der Waals surface area contributed by atoms with Gasteiger partial charge in [-0.15, -0.1) is 13.2 Å². The van der Waals surface area contributed by atoms with Gasteiger partial charge in [0, 0.05) is 18.0 Å². The number of rotatable bonds is 6. The summed E-state index contributed by atoms with van der Waals surface area (Å²) in [7, 11) is 0. The maximum Gasteiger partial charge on any atom is 0.573 e. The van der Waals surface area contributed by atoms with E-state index in [2.05, 4.69) is 4.74 Å². The van der Waals surface area contributed by atoms with Crippen molar-refractivity contribution in [3.05, 3.63) is 65.7 Å². The van der Waals surface area contributed by atoms with Crippen LogP contribution in [-0.2, 0) is 24.0 Å². The minimum absolute atomic E-state index is 0.0147. The Morgan fingerprint density at radius 3 is 2.39 bits per heavy atom. The number of phenolic OH excluding ortho intramolecular Hbond substituents is 1. The van der Waals surface area contributed by atoms with Crippen molar-refractivity contribution in [1.82, 2.24) is 4.90 Å². The van der Waals surface area contributed by atoms with Crippen LogP contribution in [0, 0.1) is 29.1 Å². The summed E-state index contributed by atoms with van der Waals surface area (Å²) in [5, 5.41) is 20.2. The maximum atomic E-state index is 14.3. The van der Waals surface area contributed by atoms with Crippen molar-refractivity contribution in [2.45, 2.75) is 38.5 Å². The standard InChI is InChI=1S/C31H27F3N2O8/c1-30-21(27(41)36(29(30)43)15-5-3-2-4-6-15)14-19-17(25(30)20-13-16(7-10-22(20)37)44-31(32,33)34)8-9-18-24(19)28(42)35(26(18)40)12-11-23(38)39/h2-8,10,13,18-19,21,24-25,37H,9,11-12,14H2,1H3,(H,38,39)/t18-,19+,21-,24-,25+,30+/m0/s1. The third-order valence-electron chi connectivity index (χ3n) is 9.47. The number of nitrogens with zero attached hydrogens (tertiary/aromatic N) is 2. The molecule has 10 nitrogen and oxygen atoms in total. The molecule has 2 saturated heterocycles. The molecule has 13 heteroatoms. The normalized spacial score (nSPS) is 29.7. The molecule has 44 heavy (non-hydrogen) atoms. The number of alkyl halides is 3. The van der Waals surface area contributed by atoms with Crippen LogP contribution in [0.1, 0.15) is 37.7 Å². The summed E-state index contributed by atoms with van der Waals surface area (Å²) < 4.78 is 43.7. The number of likely N-dealkylation sites (tertiary alicyclic amines) is 1. The molecule has 0 spiro atoms. The van der Waals surface area contributed by atoms with E-state index in [9.17, 15) is 42.3 Å². The van der Waals surface area contributed by atoms with Gasteiger partial charge in [-0.25, -0.2) is 4.90 Å². The van der Waals surface area contributed by atoms with Crippen LogP contribution in [-0.4, -0.2) is 57.6 Å². The fraction of sp³-hybridized carbons (Fsp3) is 0.387. The van der Waals surface area contributed by atoms with Crippen LogP contribution in [0.4, 0.5) is 18.9 Å². The molecule has 3 fully saturated rings. The van der Waals surface area contributed by atoms with E-state index in [0.717, 1.165) is 28.0 Å². The van der Waals surface area contributed by atoms with E-state index >= 15 is 0 Å². The van der Waals surface area contributed by atoms with Gasteiger partial charge in [-0.2, -0.15) is 0 Å². The Kier molecular flexibility index (Phi) is 6.82. The van der Waals surface area contributed by atoms with Gasteiger partial charge < -0.3 is 14.9 Å². The lowest BCUT2D eigenvalue weighted by Gasteiger charge is -2.49. The van der Waals surface area contributed by atoms with Crippen LogP contribution in [0.25, 0.3) is 0 Å². The highest BCUT2D eigenvalue weighted by atomic mass is 19.4. The third kappa shape index (κ3) is 4.44. The molecule has 4 aliphatic rings. The number of ether oxygens (including phenoxy) is 1. The van der Waals surface area contributed by atoms with Gasteiger partial charge in [0.15, 0.2) is 0 Å². The first-order chi connectivity index (χ1) is 20.7. The Bertz CT molecular complexity index is 1620. The van der Waals surface area contributed by atoms with Crippen LogP contribution >= 0.6 is 0 Å². The average molecular weight is 613 g/mol. The molecule has 6 rings (SSSR count). The van der Waals surface area contributed by atoms with Gasteiger partial charge in [-0.1, -0.05) is 29.8 Å². The quantitative estimate of drug-likeness (QED) is 0.369. The molecule has 0 aromatic heterocycles. The summed E-state index contributed by atoms with van der Waals surface area (Å²) >= 11 is 0. The topological polar surface area (TPSA) is 142 Å². The number of imide groups is 2. The lowest BCUT2D eigenvalue weighted by molar-refractivity contribution is -0.274. The predicted octanol–water partition coefficient (Wildman–Crippen LogP) is 4.00. The summed E-state index contributed by atoms with van der Waals surface area (Å²) in [6.45, 7) is 1.20. The van der Waals surface area contributed by atoms with E-state index in [0.29, 0.717) is 5.57 Å². The number of fused-ring (bicyclic) bond motifs is 4. The maximum absolute atomic E-state index is 14.3. The highest BCUT2D eigenvalue weighted by Crippen LogP contribution is 2.64. The molecule has 4 amide bonds. The van der Waals surface area contributed by atoms with Crippen molar-refractivity contribution in [2.75, 3.05) is 11.4 Å². The molecule has 2 aromatic rings. The van der Waals surface area contributed by atoms with Crippen molar-refractivity contribution >= 4 is 35.3 Å². The number of aromatic hydroxyl groups is 1. The number of carboxylic acids is 1. The number of carboxylic acid groups (broad SMARTS) is 1. The number of aliphatic carboxylic acids is 1. The van der Waals surface area contributed by atoms with Crippen molar-refractivity contribution in [2.24, 2.45) is 29.1 Å². The van der Waals surface area contributed by atoms with Gasteiger partial charge in [0.1, 0.15) is 11.5 Å². The van der Waals surface area contributed by atoms with E-state index < -0.39 is 88.9 Å². The Hall–Kier alpha value is -4.68. The zero-order valence-electron chi connectivity index (χ0n) is 23.3. The first kappa shape index (κ1) is 29.4. The zero-order valence-corrected chi connectivity index (χ0v) is 23.3. The number of para-hydroxylation sites is 1. The molecule has 0 unspecified atom stereocenters. The van der Waals surface area contributed by atoms with Crippen molar-refractivity contribution in [1.29, 1.82) is 0 Å². The number of carbonyl (C=O) groups is 5. The van der Waals surface area contributed by atoms with Crippen molar-refractivity contribution in [3.63, 3.8) is 0 Å². The summed E-state index contributed by atoms with van der Waals surface area (Å²) in [4.78, 5) is 68.4. The van der Waals surface area contributed by atoms with E-state index in [1.54, 1.807) is 36.4 Å². The second-order valence-electron chi connectivity index (χ2n) is 11.7. The van der Waals surface area contributed by atoms with Crippen molar-refractivity contribution < 1.29 is 52.1 Å². The van der Waals surface area contributed by atoms with Gasteiger partial charge in [-0.05, 0) is 56.0 Å². The zero-order chi connectivity index (χ0) is 31.7.